The smallest absolute Gasteiger partial charge is 0.152 e. The molecule has 2 aromatic carbocycles. The monoisotopic (exact) mass is 424 g/mol. The first-order valence-electron chi connectivity index (χ1n) is 9.71. The summed E-state index contributed by atoms with van der Waals surface area (Å²) in [5.41, 5.74) is 1.89. The highest BCUT2D eigenvalue weighted by molar-refractivity contribution is 7.91. The van der Waals surface area contributed by atoms with Gasteiger partial charge in [-0.1, -0.05) is 24.3 Å². The van der Waals surface area contributed by atoms with Crippen LogP contribution in [0.1, 0.15) is 37.1 Å². The number of sulfone groups is 1. The Labute approximate surface area is 173 Å². The normalized spacial score (nSPS) is 14.3. The minimum Gasteiger partial charge on any atom is -0.299 e. The first-order chi connectivity index (χ1) is 13.6. The van der Waals surface area contributed by atoms with Crippen LogP contribution in [0, 0.1) is 11.6 Å². The third-order valence-electron chi connectivity index (χ3n) is 5.54. The zero-order valence-electron chi connectivity index (χ0n) is 17.5. The van der Waals surface area contributed by atoms with Gasteiger partial charge in [0, 0.05) is 25.2 Å². The van der Waals surface area contributed by atoms with E-state index in [4.69, 9.17) is 0 Å². The van der Waals surface area contributed by atoms with Gasteiger partial charge < -0.3 is 0 Å². The van der Waals surface area contributed by atoms with Crippen LogP contribution in [0.15, 0.2) is 48.5 Å². The zero-order valence-corrected chi connectivity index (χ0v) is 18.3. The van der Waals surface area contributed by atoms with Gasteiger partial charge in [-0.3, -0.25) is 9.80 Å². The molecule has 0 fully saturated rings. The quantitative estimate of drug-likeness (QED) is 0.577. The summed E-state index contributed by atoms with van der Waals surface area (Å²) < 4.78 is 51.1. The lowest BCUT2D eigenvalue weighted by atomic mass is 10.1. The summed E-state index contributed by atoms with van der Waals surface area (Å²) in [5.74, 6) is -0.447. The Hall–Kier alpha value is -1.83. The Morgan fingerprint density at radius 3 is 1.34 bits per heavy atom. The minimum absolute atomic E-state index is 0.00743. The Bertz CT molecular complexity index is 803. The number of nitrogens with zero attached hydrogens (tertiary/aromatic N) is 2. The molecule has 0 saturated carbocycles. The van der Waals surface area contributed by atoms with Crippen LogP contribution in [0.25, 0.3) is 0 Å². The van der Waals surface area contributed by atoms with Crippen LogP contribution in [-0.4, -0.2) is 56.9 Å². The molecule has 29 heavy (non-hydrogen) atoms. The van der Waals surface area contributed by atoms with Gasteiger partial charge in [0.2, 0.25) is 0 Å². The summed E-state index contributed by atoms with van der Waals surface area (Å²) in [4.78, 5) is 3.91. The van der Waals surface area contributed by atoms with Crippen LogP contribution in [-0.2, 0) is 9.84 Å². The molecule has 0 aliphatic rings. The molecule has 2 aromatic rings. The van der Waals surface area contributed by atoms with Crippen LogP contribution in [0.3, 0.4) is 0 Å². The second-order valence-corrected chi connectivity index (χ2v) is 9.87. The standard InChI is InChI=1S/C22H30F2N2O2S/c1-17(19-5-9-21(23)10-6-19)25(3)13-15-29(27,28)16-14-26(4)18(2)20-7-11-22(24)12-8-20/h5-12,17-18H,13-16H2,1-4H3/t17-,18+. The summed E-state index contributed by atoms with van der Waals surface area (Å²) in [6, 6.07) is 12.5. The average molecular weight is 425 g/mol. The number of hydrogen-bond acceptors (Lipinski definition) is 4. The van der Waals surface area contributed by atoms with Gasteiger partial charge in [0.1, 0.15) is 11.6 Å². The lowest BCUT2D eigenvalue weighted by Gasteiger charge is -2.26. The zero-order chi connectivity index (χ0) is 21.6. The highest BCUT2D eigenvalue weighted by atomic mass is 32.2. The van der Waals surface area contributed by atoms with Gasteiger partial charge in [0.05, 0.1) is 11.5 Å². The maximum Gasteiger partial charge on any atom is 0.152 e. The summed E-state index contributed by atoms with van der Waals surface area (Å²) >= 11 is 0. The van der Waals surface area contributed by atoms with Gasteiger partial charge in [-0.15, -0.1) is 0 Å². The van der Waals surface area contributed by atoms with Gasteiger partial charge >= 0.3 is 0 Å². The molecular weight excluding hydrogens is 394 g/mol. The van der Waals surface area contributed by atoms with Crippen LogP contribution in [0.2, 0.25) is 0 Å². The summed E-state index contributed by atoms with van der Waals surface area (Å²) in [5, 5.41) is 0. The van der Waals surface area contributed by atoms with Crippen LogP contribution in [0.4, 0.5) is 8.78 Å². The molecule has 0 bridgehead atoms. The molecule has 0 aliphatic heterocycles. The fraction of sp³-hybridized carbons (Fsp3) is 0.455. The van der Waals surface area contributed by atoms with Crippen molar-refractivity contribution in [3.05, 3.63) is 71.3 Å². The van der Waals surface area contributed by atoms with Crippen LogP contribution < -0.4 is 0 Å². The van der Waals surface area contributed by atoms with E-state index in [1.807, 2.05) is 37.7 Å². The number of hydrogen-bond donors (Lipinski definition) is 0. The van der Waals surface area contributed by atoms with Crippen molar-refractivity contribution in [3.63, 3.8) is 0 Å². The number of rotatable bonds is 10. The molecule has 0 aromatic heterocycles. The van der Waals surface area contributed by atoms with E-state index in [1.54, 1.807) is 24.3 Å². The van der Waals surface area contributed by atoms with Crippen molar-refractivity contribution in [1.29, 1.82) is 0 Å². The van der Waals surface area contributed by atoms with E-state index in [0.717, 1.165) is 11.1 Å². The van der Waals surface area contributed by atoms with Crippen molar-refractivity contribution in [3.8, 4) is 0 Å². The Morgan fingerprint density at radius 1 is 0.724 bits per heavy atom. The third kappa shape index (κ3) is 7.17. The van der Waals surface area contributed by atoms with E-state index in [9.17, 15) is 17.2 Å². The van der Waals surface area contributed by atoms with E-state index in [1.165, 1.54) is 24.3 Å². The molecule has 0 aliphatic carbocycles. The van der Waals surface area contributed by atoms with E-state index in [-0.39, 0.29) is 35.2 Å². The summed E-state index contributed by atoms with van der Waals surface area (Å²) in [7, 11) is 0.515. The van der Waals surface area contributed by atoms with Gasteiger partial charge in [-0.2, -0.15) is 0 Å². The maximum absolute atomic E-state index is 13.1. The maximum atomic E-state index is 13.1. The van der Waals surface area contributed by atoms with Crippen molar-refractivity contribution in [1.82, 2.24) is 9.80 Å². The Morgan fingerprint density at radius 2 is 1.03 bits per heavy atom. The fourth-order valence-corrected chi connectivity index (χ4v) is 4.38. The van der Waals surface area contributed by atoms with E-state index < -0.39 is 9.84 Å². The average Bonchev–Trinajstić information content (AvgIpc) is 2.70. The van der Waals surface area contributed by atoms with E-state index >= 15 is 0 Å². The molecule has 0 radical (unpaired) electrons. The predicted octanol–water partition coefficient (Wildman–Crippen LogP) is 4.07. The topological polar surface area (TPSA) is 40.6 Å². The lowest BCUT2D eigenvalue weighted by Crippen LogP contribution is -2.33. The van der Waals surface area contributed by atoms with E-state index in [2.05, 4.69) is 0 Å². The van der Waals surface area contributed by atoms with Crippen LogP contribution >= 0.6 is 0 Å². The third-order valence-corrected chi connectivity index (χ3v) is 7.15. The molecule has 0 spiro atoms. The molecule has 4 nitrogen and oxygen atoms in total. The Kier molecular flexibility index (Phi) is 8.31. The summed E-state index contributed by atoms with van der Waals surface area (Å²) in [6.45, 7) is 4.74. The molecule has 0 heterocycles. The van der Waals surface area contributed by atoms with Crippen molar-refractivity contribution in [2.75, 3.05) is 38.7 Å². The molecule has 0 N–H and O–H groups in total. The molecule has 2 rings (SSSR count). The van der Waals surface area contributed by atoms with Crippen molar-refractivity contribution in [2.45, 2.75) is 25.9 Å². The molecule has 2 atom stereocenters. The highest BCUT2D eigenvalue weighted by Crippen LogP contribution is 2.20. The molecular formula is C22H30F2N2O2S. The molecule has 0 amide bonds. The number of benzene rings is 2. The molecule has 0 saturated heterocycles. The van der Waals surface area contributed by atoms with Gasteiger partial charge in [0.25, 0.3) is 0 Å². The fourth-order valence-electron chi connectivity index (χ4n) is 3.05. The van der Waals surface area contributed by atoms with Gasteiger partial charge in [-0.05, 0) is 63.3 Å². The first-order valence-corrected chi connectivity index (χ1v) is 11.5. The molecule has 160 valence electrons. The largest absolute Gasteiger partial charge is 0.299 e. The first kappa shape index (κ1) is 23.4. The second kappa shape index (κ2) is 10.3. The van der Waals surface area contributed by atoms with Crippen molar-refractivity contribution >= 4 is 9.84 Å². The van der Waals surface area contributed by atoms with Crippen molar-refractivity contribution < 1.29 is 17.2 Å². The minimum atomic E-state index is -3.22. The second-order valence-electron chi connectivity index (χ2n) is 7.57. The summed E-state index contributed by atoms with van der Waals surface area (Å²) in [6.07, 6.45) is 0. The van der Waals surface area contributed by atoms with Gasteiger partial charge in [0.15, 0.2) is 9.84 Å². The number of halogens is 2. The van der Waals surface area contributed by atoms with E-state index in [0.29, 0.717) is 13.1 Å². The predicted molar refractivity (Wildman–Crippen MR) is 114 cm³/mol. The molecule has 0 unspecified atom stereocenters. The lowest BCUT2D eigenvalue weighted by molar-refractivity contribution is 0.272. The molecule has 7 heteroatoms. The van der Waals surface area contributed by atoms with Crippen molar-refractivity contribution in [2.24, 2.45) is 0 Å². The van der Waals surface area contributed by atoms with Gasteiger partial charge in [-0.25, -0.2) is 17.2 Å². The SMILES string of the molecule is C[C@H](c1ccc(F)cc1)N(C)CCS(=O)(=O)CCN(C)[C@@H](C)c1ccc(F)cc1. The Balaban J connectivity index is 1.84. The van der Waals surface area contributed by atoms with Crippen LogP contribution in [0.5, 0.6) is 0 Å². The highest BCUT2D eigenvalue weighted by Gasteiger charge is 2.19.